The van der Waals surface area contributed by atoms with Crippen LogP contribution in [-0.4, -0.2) is 0 Å². The lowest BCUT2D eigenvalue weighted by atomic mass is 10.1. The zero-order valence-corrected chi connectivity index (χ0v) is 10.2. The maximum absolute atomic E-state index is 8.79. The average Bonchev–Trinajstić information content (AvgIpc) is 2.40. The van der Waals surface area contributed by atoms with Gasteiger partial charge in [0.2, 0.25) is 0 Å². The minimum atomic E-state index is 0.431. The molecule has 0 radical (unpaired) electrons. The Kier molecular flexibility index (Phi) is 3.49. The summed E-state index contributed by atoms with van der Waals surface area (Å²) in [4.78, 5) is 0. The summed E-state index contributed by atoms with van der Waals surface area (Å²) >= 11 is 0. The first-order valence-corrected chi connectivity index (χ1v) is 5.79. The van der Waals surface area contributed by atoms with E-state index in [4.69, 9.17) is 15.7 Å². The summed E-state index contributed by atoms with van der Waals surface area (Å²) in [6, 6.07) is 15.0. The lowest BCUT2D eigenvalue weighted by molar-refractivity contribution is 0.483. The highest BCUT2D eigenvalue weighted by atomic mass is 16.5. The maximum Gasteiger partial charge on any atom is 0.129 e. The first-order valence-electron chi connectivity index (χ1n) is 5.79. The average molecular weight is 238 g/mol. The summed E-state index contributed by atoms with van der Waals surface area (Å²) in [5, 5.41) is 8.79. The van der Waals surface area contributed by atoms with Crippen LogP contribution < -0.4 is 10.5 Å². The quantitative estimate of drug-likeness (QED) is 0.832. The maximum atomic E-state index is 8.79. The summed E-state index contributed by atoms with van der Waals surface area (Å²) in [7, 11) is 0. The van der Waals surface area contributed by atoms with E-state index in [0.29, 0.717) is 17.0 Å². The zero-order valence-electron chi connectivity index (χ0n) is 10.2. The molecule has 0 aromatic heterocycles. The molecule has 2 aromatic carbocycles. The summed E-state index contributed by atoms with van der Waals surface area (Å²) in [5.41, 5.74) is 7.89. The Bertz CT molecular complexity index is 582. The van der Waals surface area contributed by atoms with Crippen LogP contribution in [0.5, 0.6) is 11.5 Å². The van der Waals surface area contributed by atoms with E-state index >= 15 is 0 Å². The highest BCUT2D eigenvalue weighted by Gasteiger charge is 2.02. The highest BCUT2D eigenvalue weighted by Crippen LogP contribution is 2.25. The van der Waals surface area contributed by atoms with E-state index < -0.39 is 0 Å². The number of nitriles is 1. The molecule has 3 nitrogen and oxygen atoms in total. The molecule has 18 heavy (non-hydrogen) atoms. The molecule has 0 atom stereocenters. The van der Waals surface area contributed by atoms with Crippen molar-refractivity contribution < 1.29 is 4.74 Å². The Balaban J connectivity index is 2.18. The molecule has 0 saturated carbocycles. The van der Waals surface area contributed by atoms with Crippen molar-refractivity contribution in [2.45, 2.75) is 13.3 Å². The predicted molar refractivity (Wildman–Crippen MR) is 71.5 cm³/mol. The van der Waals surface area contributed by atoms with Crippen LogP contribution in [-0.2, 0) is 6.42 Å². The van der Waals surface area contributed by atoms with Crippen molar-refractivity contribution in [3.8, 4) is 17.6 Å². The van der Waals surface area contributed by atoms with E-state index in [1.165, 1.54) is 5.56 Å². The van der Waals surface area contributed by atoms with E-state index in [0.717, 1.165) is 12.2 Å². The number of anilines is 1. The third-order valence-electron chi connectivity index (χ3n) is 2.71. The van der Waals surface area contributed by atoms with Crippen LogP contribution in [0.15, 0.2) is 42.5 Å². The summed E-state index contributed by atoms with van der Waals surface area (Å²) in [6.07, 6.45) is 1.00. The van der Waals surface area contributed by atoms with Crippen molar-refractivity contribution in [1.29, 1.82) is 5.26 Å². The number of rotatable bonds is 3. The van der Waals surface area contributed by atoms with Crippen molar-refractivity contribution in [3.63, 3.8) is 0 Å². The van der Waals surface area contributed by atoms with Gasteiger partial charge in [-0.05, 0) is 36.2 Å². The summed E-state index contributed by atoms with van der Waals surface area (Å²) < 4.78 is 5.67. The number of ether oxygens (including phenoxy) is 1. The second-order valence-electron chi connectivity index (χ2n) is 3.96. The molecule has 2 N–H and O–H groups in total. The third kappa shape index (κ3) is 2.61. The Morgan fingerprint density at radius 1 is 1.11 bits per heavy atom. The Morgan fingerprint density at radius 2 is 1.78 bits per heavy atom. The lowest BCUT2D eigenvalue weighted by Gasteiger charge is -2.07. The van der Waals surface area contributed by atoms with E-state index in [9.17, 15) is 0 Å². The van der Waals surface area contributed by atoms with Crippen molar-refractivity contribution in [2.75, 3.05) is 5.73 Å². The van der Waals surface area contributed by atoms with E-state index in [1.54, 1.807) is 18.2 Å². The largest absolute Gasteiger partial charge is 0.457 e. The van der Waals surface area contributed by atoms with Gasteiger partial charge in [-0.3, -0.25) is 0 Å². The number of nitrogens with zero attached hydrogens (tertiary/aromatic N) is 1. The normalized spacial score (nSPS) is 9.78. The van der Waals surface area contributed by atoms with Gasteiger partial charge < -0.3 is 10.5 Å². The van der Waals surface area contributed by atoms with Gasteiger partial charge in [-0.2, -0.15) is 5.26 Å². The molecule has 0 aliphatic carbocycles. The van der Waals surface area contributed by atoms with Crippen LogP contribution in [0.25, 0.3) is 0 Å². The minimum absolute atomic E-state index is 0.431. The third-order valence-corrected chi connectivity index (χ3v) is 2.71. The van der Waals surface area contributed by atoms with Crippen LogP contribution in [0, 0.1) is 11.3 Å². The Hall–Kier alpha value is -2.47. The predicted octanol–water partition coefficient (Wildman–Crippen LogP) is 3.50. The number of hydrogen-bond donors (Lipinski definition) is 1. The Labute approximate surface area is 106 Å². The molecule has 0 aliphatic heterocycles. The molecule has 2 rings (SSSR count). The SMILES string of the molecule is CCc1ccc(Oc2ccc(C#N)c(N)c2)cc1. The van der Waals surface area contributed by atoms with E-state index in [1.807, 2.05) is 30.3 Å². The molecule has 0 heterocycles. The molecule has 0 bridgehead atoms. The van der Waals surface area contributed by atoms with Gasteiger partial charge in [0.1, 0.15) is 17.6 Å². The van der Waals surface area contributed by atoms with Gasteiger partial charge in [-0.15, -0.1) is 0 Å². The zero-order chi connectivity index (χ0) is 13.0. The minimum Gasteiger partial charge on any atom is -0.457 e. The molecule has 0 saturated heterocycles. The summed E-state index contributed by atoms with van der Waals surface area (Å²) in [6.45, 7) is 2.11. The highest BCUT2D eigenvalue weighted by molar-refractivity contribution is 5.57. The van der Waals surface area contributed by atoms with E-state index in [-0.39, 0.29) is 0 Å². The summed E-state index contributed by atoms with van der Waals surface area (Å²) in [5.74, 6) is 1.40. The number of nitrogen functional groups attached to an aromatic ring is 1. The topological polar surface area (TPSA) is 59.0 Å². The van der Waals surface area contributed by atoms with Crippen LogP contribution in [0.3, 0.4) is 0 Å². The molecule has 0 aliphatic rings. The fourth-order valence-electron chi connectivity index (χ4n) is 1.64. The molecule has 0 spiro atoms. The molecular formula is C15H14N2O. The van der Waals surface area contributed by atoms with Crippen molar-refractivity contribution in [2.24, 2.45) is 0 Å². The molecule has 0 unspecified atom stereocenters. The second-order valence-corrected chi connectivity index (χ2v) is 3.96. The van der Waals surface area contributed by atoms with Gasteiger partial charge in [0.15, 0.2) is 0 Å². The van der Waals surface area contributed by atoms with Gasteiger partial charge >= 0.3 is 0 Å². The van der Waals surface area contributed by atoms with Crippen LogP contribution >= 0.6 is 0 Å². The fourth-order valence-corrected chi connectivity index (χ4v) is 1.64. The fraction of sp³-hybridized carbons (Fsp3) is 0.133. The smallest absolute Gasteiger partial charge is 0.129 e. The molecule has 0 amide bonds. The van der Waals surface area contributed by atoms with Gasteiger partial charge in [-0.1, -0.05) is 19.1 Å². The van der Waals surface area contributed by atoms with Crippen molar-refractivity contribution in [3.05, 3.63) is 53.6 Å². The molecular weight excluding hydrogens is 224 g/mol. The number of aryl methyl sites for hydroxylation is 1. The second kappa shape index (κ2) is 5.24. The first kappa shape index (κ1) is 12.0. The number of hydrogen-bond acceptors (Lipinski definition) is 3. The number of benzene rings is 2. The van der Waals surface area contributed by atoms with Crippen LogP contribution in [0.4, 0.5) is 5.69 Å². The molecule has 90 valence electrons. The van der Waals surface area contributed by atoms with Gasteiger partial charge in [0.25, 0.3) is 0 Å². The van der Waals surface area contributed by atoms with Crippen LogP contribution in [0.1, 0.15) is 18.1 Å². The monoisotopic (exact) mass is 238 g/mol. The first-order chi connectivity index (χ1) is 8.72. The molecule has 0 fully saturated rings. The van der Waals surface area contributed by atoms with Crippen molar-refractivity contribution >= 4 is 5.69 Å². The molecule has 2 aromatic rings. The van der Waals surface area contributed by atoms with Gasteiger partial charge in [-0.25, -0.2) is 0 Å². The molecule has 3 heteroatoms. The number of nitrogens with two attached hydrogens (primary N) is 1. The van der Waals surface area contributed by atoms with Gasteiger partial charge in [0.05, 0.1) is 11.3 Å². The van der Waals surface area contributed by atoms with Crippen LogP contribution in [0.2, 0.25) is 0 Å². The van der Waals surface area contributed by atoms with E-state index in [2.05, 4.69) is 6.92 Å². The van der Waals surface area contributed by atoms with Crippen molar-refractivity contribution in [1.82, 2.24) is 0 Å². The standard InChI is InChI=1S/C15H14N2O/c1-2-11-3-6-13(7-4-11)18-14-8-5-12(10-16)15(17)9-14/h3-9H,2,17H2,1H3. The Morgan fingerprint density at radius 3 is 2.33 bits per heavy atom. The lowest BCUT2D eigenvalue weighted by Crippen LogP contribution is -1.92. The van der Waals surface area contributed by atoms with Gasteiger partial charge in [0, 0.05) is 6.07 Å².